The summed E-state index contributed by atoms with van der Waals surface area (Å²) in [7, 11) is 1.58. The van der Waals surface area contributed by atoms with E-state index in [2.05, 4.69) is 20.1 Å². The van der Waals surface area contributed by atoms with Crippen molar-refractivity contribution in [2.75, 3.05) is 18.0 Å². The monoisotopic (exact) mass is 458 g/mol. The average molecular weight is 458 g/mol. The lowest BCUT2D eigenvalue weighted by Crippen LogP contribution is -2.45. The highest BCUT2D eigenvalue weighted by Crippen LogP contribution is 2.30. The molecule has 5 heterocycles. The van der Waals surface area contributed by atoms with Gasteiger partial charge in [-0.15, -0.1) is 0 Å². The van der Waals surface area contributed by atoms with Crippen LogP contribution in [0.5, 0.6) is 0 Å². The highest BCUT2D eigenvalue weighted by Gasteiger charge is 2.26. The van der Waals surface area contributed by atoms with E-state index < -0.39 is 11.1 Å². The Morgan fingerprint density at radius 1 is 1.06 bits per heavy atom. The molecular weight excluding hydrogens is 436 g/mol. The summed E-state index contributed by atoms with van der Waals surface area (Å²) >= 11 is 0. The van der Waals surface area contributed by atoms with Crippen molar-refractivity contribution in [3.63, 3.8) is 0 Å². The fourth-order valence-corrected chi connectivity index (χ4v) is 4.57. The minimum atomic E-state index is -0.594. The van der Waals surface area contributed by atoms with E-state index in [0.717, 1.165) is 16.8 Å². The molecule has 1 fully saturated rings. The van der Waals surface area contributed by atoms with Crippen LogP contribution >= 0.6 is 0 Å². The van der Waals surface area contributed by atoms with Crippen LogP contribution in [0, 0.1) is 25.2 Å². The standard InChI is InChI=1S/C23H22N8O3/c1-13-19(14(2)34-28-13)16-8-18-20(25-12-16)31(22(33)21(32)29(18)3)17-4-6-30(7-5-17)23-26-10-15(9-24)11-27-23/h8,10-12,17H,4-7H2,1-3H3. The van der Waals surface area contributed by atoms with Crippen molar-refractivity contribution in [3.05, 3.63) is 62.4 Å². The molecule has 0 bridgehead atoms. The van der Waals surface area contributed by atoms with Gasteiger partial charge in [-0.25, -0.2) is 15.0 Å². The first-order chi connectivity index (χ1) is 16.4. The van der Waals surface area contributed by atoms with Gasteiger partial charge in [-0.2, -0.15) is 5.26 Å². The van der Waals surface area contributed by atoms with Crippen molar-refractivity contribution < 1.29 is 4.52 Å². The predicted molar refractivity (Wildman–Crippen MR) is 123 cm³/mol. The molecule has 0 spiro atoms. The summed E-state index contributed by atoms with van der Waals surface area (Å²) in [6.07, 6.45) is 5.92. The predicted octanol–water partition coefficient (Wildman–Crippen LogP) is 1.87. The molecule has 0 amide bonds. The molecule has 0 N–H and O–H groups in total. The molecule has 1 aliphatic rings. The van der Waals surface area contributed by atoms with E-state index in [4.69, 9.17) is 9.78 Å². The molecule has 1 saturated heterocycles. The van der Waals surface area contributed by atoms with Gasteiger partial charge in [0, 0.05) is 43.5 Å². The number of anilines is 1. The second kappa shape index (κ2) is 8.22. The van der Waals surface area contributed by atoms with Crippen LogP contribution in [0.3, 0.4) is 0 Å². The van der Waals surface area contributed by atoms with E-state index in [1.54, 1.807) is 13.2 Å². The first kappa shape index (κ1) is 21.5. The number of fused-ring (bicyclic) bond motifs is 1. The Hall–Kier alpha value is -4.33. The van der Waals surface area contributed by atoms with Crippen LogP contribution in [0.4, 0.5) is 5.95 Å². The molecule has 0 atom stereocenters. The van der Waals surface area contributed by atoms with Crippen LogP contribution in [0.15, 0.2) is 38.8 Å². The zero-order valence-electron chi connectivity index (χ0n) is 19.0. The summed E-state index contributed by atoms with van der Waals surface area (Å²) in [6, 6.07) is 3.68. The fourth-order valence-electron chi connectivity index (χ4n) is 4.57. The van der Waals surface area contributed by atoms with Crippen LogP contribution < -0.4 is 16.0 Å². The minimum Gasteiger partial charge on any atom is -0.361 e. The van der Waals surface area contributed by atoms with Crippen LogP contribution in [-0.4, -0.2) is 42.3 Å². The number of pyridine rings is 1. The molecule has 5 rings (SSSR count). The molecule has 0 saturated carbocycles. The topological polar surface area (TPSA) is 136 Å². The third kappa shape index (κ3) is 3.44. The summed E-state index contributed by atoms with van der Waals surface area (Å²) in [5, 5.41) is 12.9. The molecule has 0 aromatic carbocycles. The van der Waals surface area contributed by atoms with Crippen LogP contribution in [0.1, 0.15) is 35.9 Å². The Labute approximate surface area is 193 Å². The van der Waals surface area contributed by atoms with Crippen molar-refractivity contribution >= 4 is 17.1 Å². The van der Waals surface area contributed by atoms with Gasteiger partial charge >= 0.3 is 11.1 Å². The number of nitrogens with zero attached hydrogens (tertiary/aromatic N) is 8. The maximum atomic E-state index is 13.0. The van der Waals surface area contributed by atoms with Gasteiger partial charge in [-0.05, 0) is 32.8 Å². The van der Waals surface area contributed by atoms with E-state index >= 15 is 0 Å². The van der Waals surface area contributed by atoms with E-state index in [0.29, 0.717) is 54.4 Å². The van der Waals surface area contributed by atoms with E-state index in [-0.39, 0.29) is 6.04 Å². The lowest BCUT2D eigenvalue weighted by Gasteiger charge is -2.33. The van der Waals surface area contributed by atoms with E-state index in [1.807, 2.05) is 30.9 Å². The van der Waals surface area contributed by atoms with Crippen LogP contribution in [0.2, 0.25) is 0 Å². The molecule has 34 heavy (non-hydrogen) atoms. The van der Waals surface area contributed by atoms with Gasteiger partial charge < -0.3 is 14.0 Å². The lowest BCUT2D eigenvalue weighted by molar-refractivity contribution is 0.389. The molecule has 1 aliphatic heterocycles. The van der Waals surface area contributed by atoms with Gasteiger partial charge in [0.25, 0.3) is 0 Å². The van der Waals surface area contributed by atoms with Gasteiger partial charge in [-0.3, -0.25) is 14.2 Å². The largest absolute Gasteiger partial charge is 0.361 e. The SMILES string of the molecule is Cc1noc(C)c1-c1cnc2c(c1)n(C)c(=O)c(=O)n2C1CCN(c2ncc(C#N)cn2)CC1. The van der Waals surface area contributed by atoms with Crippen molar-refractivity contribution in [3.8, 4) is 17.2 Å². The maximum Gasteiger partial charge on any atom is 0.318 e. The molecule has 11 heteroatoms. The van der Waals surface area contributed by atoms with Crippen LogP contribution in [0.25, 0.3) is 22.3 Å². The van der Waals surface area contributed by atoms with Crippen molar-refractivity contribution in [1.82, 2.24) is 29.2 Å². The Bertz CT molecular complexity index is 1530. The summed E-state index contributed by atoms with van der Waals surface area (Å²) in [5.74, 6) is 1.20. The van der Waals surface area contributed by atoms with Crippen molar-refractivity contribution in [2.24, 2.45) is 7.05 Å². The smallest absolute Gasteiger partial charge is 0.318 e. The summed E-state index contributed by atoms with van der Waals surface area (Å²) < 4.78 is 8.16. The van der Waals surface area contributed by atoms with E-state index in [1.165, 1.54) is 21.5 Å². The van der Waals surface area contributed by atoms with Crippen molar-refractivity contribution in [2.45, 2.75) is 32.7 Å². The second-order valence-corrected chi connectivity index (χ2v) is 8.41. The van der Waals surface area contributed by atoms with Gasteiger partial charge in [0.2, 0.25) is 5.95 Å². The normalized spacial score (nSPS) is 14.5. The minimum absolute atomic E-state index is 0.184. The number of hydrogen-bond donors (Lipinski definition) is 0. The Kier molecular flexibility index (Phi) is 5.20. The molecule has 0 unspecified atom stereocenters. The molecule has 4 aromatic rings. The quantitative estimate of drug-likeness (QED) is 0.421. The van der Waals surface area contributed by atoms with Crippen molar-refractivity contribution in [1.29, 1.82) is 5.26 Å². The molecule has 0 aliphatic carbocycles. The maximum absolute atomic E-state index is 13.0. The third-order valence-electron chi connectivity index (χ3n) is 6.34. The Morgan fingerprint density at radius 3 is 2.38 bits per heavy atom. The van der Waals surface area contributed by atoms with Gasteiger partial charge in [-0.1, -0.05) is 5.16 Å². The first-order valence-corrected chi connectivity index (χ1v) is 10.9. The molecule has 172 valence electrons. The number of rotatable bonds is 3. The molecular formula is C23H22N8O3. The molecule has 11 nitrogen and oxygen atoms in total. The van der Waals surface area contributed by atoms with Gasteiger partial charge in [0.05, 0.1) is 29.2 Å². The highest BCUT2D eigenvalue weighted by atomic mass is 16.5. The fraction of sp³-hybridized carbons (Fsp3) is 0.348. The Balaban J connectivity index is 1.52. The average Bonchev–Trinajstić information content (AvgIpc) is 3.21. The first-order valence-electron chi connectivity index (χ1n) is 10.9. The zero-order valence-corrected chi connectivity index (χ0v) is 19.0. The van der Waals surface area contributed by atoms with E-state index in [9.17, 15) is 9.59 Å². The molecule has 4 aromatic heterocycles. The number of aromatic nitrogens is 6. The third-order valence-corrected chi connectivity index (χ3v) is 6.34. The van der Waals surface area contributed by atoms with Gasteiger partial charge in [0.15, 0.2) is 5.65 Å². The summed E-state index contributed by atoms with van der Waals surface area (Å²) in [4.78, 5) is 41.0. The molecule has 0 radical (unpaired) electrons. The second-order valence-electron chi connectivity index (χ2n) is 8.41. The zero-order chi connectivity index (χ0) is 24.0. The highest BCUT2D eigenvalue weighted by molar-refractivity contribution is 5.79. The Morgan fingerprint density at radius 2 is 1.76 bits per heavy atom. The lowest BCUT2D eigenvalue weighted by atomic mass is 10.0. The number of nitriles is 1. The number of piperidine rings is 1. The number of hydrogen-bond acceptors (Lipinski definition) is 9. The van der Waals surface area contributed by atoms with Crippen LogP contribution in [-0.2, 0) is 7.05 Å². The summed E-state index contributed by atoms with van der Waals surface area (Å²) in [5.41, 5.74) is 2.60. The summed E-state index contributed by atoms with van der Waals surface area (Å²) in [6.45, 7) is 4.89. The van der Waals surface area contributed by atoms with Gasteiger partial charge in [0.1, 0.15) is 11.8 Å². The number of aryl methyl sites for hydroxylation is 3.